The normalized spacial score (nSPS) is 18.1. The lowest BCUT2D eigenvalue weighted by Crippen LogP contribution is -2.45. The van der Waals surface area contributed by atoms with Crippen LogP contribution < -0.4 is 10.1 Å². The number of benzene rings is 1. The van der Waals surface area contributed by atoms with Crippen molar-refractivity contribution in [2.24, 2.45) is 21.1 Å². The van der Waals surface area contributed by atoms with E-state index in [1.807, 2.05) is 19.1 Å². The molecule has 0 bridgehead atoms. The Morgan fingerprint density at radius 3 is 2.57 bits per heavy atom. The van der Waals surface area contributed by atoms with Crippen LogP contribution in [0.4, 0.5) is 5.69 Å². The Bertz CT molecular complexity index is 719. The number of azo groups is 1. The quantitative estimate of drug-likeness (QED) is 0.459. The minimum absolute atomic E-state index is 0.315. The van der Waals surface area contributed by atoms with Crippen molar-refractivity contribution in [1.82, 2.24) is 5.32 Å². The summed E-state index contributed by atoms with van der Waals surface area (Å²) in [6.45, 7) is 6.99. The van der Waals surface area contributed by atoms with E-state index in [-0.39, 0.29) is 0 Å². The first kappa shape index (κ1) is 22.1. The second kappa shape index (κ2) is 11.6. The SMILES string of the molecule is CCCCC(CC)COc1ccc(N=NC2C(=O)N=C(SCC)NC2=O)cc1. The summed E-state index contributed by atoms with van der Waals surface area (Å²) in [6, 6.07) is 5.90. The molecule has 28 heavy (non-hydrogen) atoms. The van der Waals surface area contributed by atoms with E-state index in [4.69, 9.17) is 4.74 Å². The fourth-order valence-electron chi connectivity index (χ4n) is 2.63. The van der Waals surface area contributed by atoms with Crippen LogP contribution in [0.3, 0.4) is 0 Å². The summed E-state index contributed by atoms with van der Waals surface area (Å²) in [7, 11) is 0. The summed E-state index contributed by atoms with van der Waals surface area (Å²) < 4.78 is 5.86. The molecule has 0 aliphatic carbocycles. The molecule has 1 aromatic carbocycles. The van der Waals surface area contributed by atoms with Gasteiger partial charge in [0.25, 0.3) is 11.8 Å². The lowest BCUT2D eigenvalue weighted by atomic mass is 10.0. The predicted octanol–water partition coefficient (Wildman–Crippen LogP) is 4.50. The standard InChI is InChI=1S/C20H28N4O3S/c1-4-7-8-14(5-2)13-27-16-11-9-15(10-12-16)23-24-17-18(25)21-20(28-6-3)22-19(17)26/h9-12,14,17H,4-8,13H2,1-3H3,(H,21,22,25,26). The molecule has 1 aliphatic rings. The predicted molar refractivity (Wildman–Crippen MR) is 112 cm³/mol. The number of unbranched alkanes of at least 4 members (excludes halogenated alkanes) is 1. The lowest BCUT2D eigenvalue weighted by molar-refractivity contribution is -0.129. The molecule has 1 aromatic rings. The Hall–Kier alpha value is -2.22. The Kier molecular flexibility index (Phi) is 9.13. The van der Waals surface area contributed by atoms with Crippen LogP contribution in [-0.2, 0) is 9.59 Å². The molecule has 0 fully saturated rings. The summed E-state index contributed by atoms with van der Waals surface area (Å²) in [6.07, 6.45) is 4.70. The van der Waals surface area contributed by atoms with E-state index in [2.05, 4.69) is 34.4 Å². The van der Waals surface area contributed by atoms with Gasteiger partial charge >= 0.3 is 0 Å². The summed E-state index contributed by atoms with van der Waals surface area (Å²) in [5, 5.41) is 10.8. The molecule has 1 aliphatic heterocycles. The van der Waals surface area contributed by atoms with Gasteiger partial charge in [-0.05, 0) is 42.4 Å². The number of aliphatic imine (C=N–C) groups is 1. The molecule has 1 heterocycles. The molecule has 2 atom stereocenters. The molecule has 152 valence electrons. The first-order valence-electron chi connectivity index (χ1n) is 9.77. The van der Waals surface area contributed by atoms with Crippen molar-refractivity contribution in [2.45, 2.75) is 52.5 Å². The van der Waals surface area contributed by atoms with Crippen LogP contribution in [0.1, 0.15) is 46.5 Å². The maximum atomic E-state index is 12.0. The van der Waals surface area contributed by atoms with Crippen LogP contribution in [0.5, 0.6) is 5.75 Å². The van der Waals surface area contributed by atoms with Crippen LogP contribution in [0, 0.1) is 5.92 Å². The average Bonchev–Trinajstić information content (AvgIpc) is 2.69. The number of rotatable bonds is 10. The highest BCUT2D eigenvalue weighted by molar-refractivity contribution is 8.13. The molecular formula is C20H28N4O3S. The molecule has 2 unspecified atom stereocenters. The molecule has 0 aromatic heterocycles. The maximum absolute atomic E-state index is 12.0. The first-order chi connectivity index (χ1) is 13.6. The van der Waals surface area contributed by atoms with Gasteiger partial charge in [0.2, 0.25) is 6.04 Å². The minimum atomic E-state index is -1.24. The third-order valence-corrected chi connectivity index (χ3v) is 5.12. The van der Waals surface area contributed by atoms with Gasteiger partial charge in [-0.1, -0.05) is 51.8 Å². The van der Waals surface area contributed by atoms with Gasteiger partial charge in [0, 0.05) is 0 Å². The molecule has 0 spiro atoms. The Labute approximate surface area is 170 Å². The van der Waals surface area contributed by atoms with Crippen molar-refractivity contribution in [2.75, 3.05) is 12.4 Å². The van der Waals surface area contributed by atoms with Gasteiger partial charge in [0.05, 0.1) is 12.3 Å². The average molecular weight is 405 g/mol. The van der Waals surface area contributed by atoms with E-state index in [0.717, 1.165) is 12.2 Å². The van der Waals surface area contributed by atoms with Crippen molar-refractivity contribution < 1.29 is 14.3 Å². The number of amidine groups is 1. The molecule has 0 radical (unpaired) electrons. The largest absolute Gasteiger partial charge is 0.493 e. The summed E-state index contributed by atoms with van der Waals surface area (Å²) in [4.78, 5) is 27.8. The molecule has 2 rings (SSSR count). The van der Waals surface area contributed by atoms with Crippen molar-refractivity contribution >= 4 is 34.4 Å². The number of hydrogen-bond acceptors (Lipinski definition) is 6. The first-order valence-corrected chi connectivity index (χ1v) is 10.8. The molecule has 0 saturated heterocycles. The number of nitrogens with one attached hydrogen (secondary N) is 1. The number of carbonyl (C=O) groups is 2. The van der Waals surface area contributed by atoms with Gasteiger partial charge in [-0.15, -0.1) is 0 Å². The summed E-state index contributed by atoms with van der Waals surface area (Å²) in [5.74, 6) is 0.945. The number of ether oxygens (including phenoxy) is 1. The third kappa shape index (κ3) is 6.74. The number of carbonyl (C=O) groups excluding carboxylic acids is 2. The second-order valence-corrected chi connectivity index (χ2v) is 7.77. The van der Waals surface area contributed by atoms with E-state index in [1.54, 1.807) is 12.1 Å². The number of nitrogens with zero attached hydrogens (tertiary/aromatic N) is 3. The van der Waals surface area contributed by atoms with Crippen molar-refractivity contribution in [3.8, 4) is 5.75 Å². The van der Waals surface area contributed by atoms with Crippen LogP contribution in [0.2, 0.25) is 0 Å². The van der Waals surface area contributed by atoms with Crippen LogP contribution >= 0.6 is 11.8 Å². The maximum Gasteiger partial charge on any atom is 0.284 e. The van der Waals surface area contributed by atoms with Gasteiger partial charge in [-0.2, -0.15) is 15.2 Å². The number of thioether (sulfide) groups is 1. The lowest BCUT2D eigenvalue weighted by Gasteiger charge is -2.16. The topological polar surface area (TPSA) is 92.5 Å². The van der Waals surface area contributed by atoms with Crippen LogP contribution in [-0.4, -0.2) is 35.4 Å². The van der Waals surface area contributed by atoms with Gasteiger partial charge in [-0.25, -0.2) is 0 Å². The van der Waals surface area contributed by atoms with Crippen molar-refractivity contribution in [3.63, 3.8) is 0 Å². The molecule has 0 saturated carbocycles. The molecule has 2 amide bonds. The third-order valence-electron chi connectivity index (χ3n) is 4.36. The van der Waals surface area contributed by atoms with Gasteiger partial charge in [-0.3, -0.25) is 9.59 Å². The van der Waals surface area contributed by atoms with E-state index >= 15 is 0 Å². The second-order valence-electron chi connectivity index (χ2n) is 6.52. The Balaban J connectivity index is 1.91. The zero-order valence-corrected chi connectivity index (χ0v) is 17.5. The van der Waals surface area contributed by atoms with Crippen molar-refractivity contribution in [1.29, 1.82) is 0 Å². The zero-order chi connectivity index (χ0) is 20.4. The van der Waals surface area contributed by atoms with Gasteiger partial charge < -0.3 is 10.1 Å². The van der Waals surface area contributed by atoms with Gasteiger partial charge in [0.1, 0.15) is 5.75 Å². The zero-order valence-electron chi connectivity index (χ0n) is 16.7. The van der Waals surface area contributed by atoms with Crippen LogP contribution in [0.15, 0.2) is 39.5 Å². The highest BCUT2D eigenvalue weighted by Crippen LogP contribution is 2.21. The number of hydrogen-bond donors (Lipinski definition) is 1. The summed E-state index contributed by atoms with van der Waals surface area (Å²) in [5.41, 5.74) is 0.545. The minimum Gasteiger partial charge on any atom is -0.493 e. The van der Waals surface area contributed by atoms with Crippen LogP contribution in [0.25, 0.3) is 0 Å². The fourth-order valence-corrected chi connectivity index (χ4v) is 3.23. The molecule has 1 N–H and O–H groups in total. The van der Waals surface area contributed by atoms with E-state index in [0.29, 0.717) is 29.1 Å². The summed E-state index contributed by atoms with van der Waals surface area (Å²) >= 11 is 1.30. The molecule has 8 heteroatoms. The number of amides is 2. The Morgan fingerprint density at radius 2 is 1.96 bits per heavy atom. The van der Waals surface area contributed by atoms with E-state index in [9.17, 15) is 9.59 Å². The smallest absolute Gasteiger partial charge is 0.284 e. The van der Waals surface area contributed by atoms with Gasteiger partial charge in [0.15, 0.2) is 5.17 Å². The fraction of sp³-hybridized carbons (Fsp3) is 0.550. The monoisotopic (exact) mass is 404 g/mol. The van der Waals surface area contributed by atoms with E-state index in [1.165, 1.54) is 31.0 Å². The van der Waals surface area contributed by atoms with Crippen molar-refractivity contribution in [3.05, 3.63) is 24.3 Å². The molecular weight excluding hydrogens is 376 g/mol. The Morgan fingerprint density at radius 1 is 1.21 bits per heavy atom. The van der Waals surface area contributed by atoms with E-state index < -0.39 is 17.9 Å². The highest BCUT2D eigenvalue weighted by Gasteiger charge is 2.32. The molecule has 7 nitrogen and oxygen atoms in total. The highest BCUT2D eigenvalue weighted by atomic mass is 32.2.